The number of nitrogens with two attached hydrogens (primary N) is 1. The third-order valence-electron chi connectivity index (χ3n) is 2.21. The molecule has 0 fully saturated rings. The lowest BCUT2D eigenvalue weighted by Gasteiger charge is -2.14. The smallest absolute Gasteiger partial charge is 0.119 e. The van der Waals surface area contributed by atoms with Gasteiger partial charge in [0.1, 0.15) is 5.75 Å². The molecule has 0 heterocycles. The summed E-state index contributed by atoms with van der Waals surface area (Å²) in [6.07, 6.45) is 0.286. The van der Waals surface area contributed by atoms with Gasteiger partial charge in [-0.3, -0.25) is 0 Å². The zero-order chi connectivity index (χ0) is 12.0. The number of ether oxygens (including phenoxy) is 2. The Morgan fingerprint density at radius 1 is 1.12 bits per heavy atom. The van der Waals surface area contributed by atoms with Gasteiger partial charge in [0.15, 0.2) is 0 Å². The molecule has 3 heteroatoms. The highest BCUT2D eigenvalue weighted by Crippen LogP contribution is 2.20. The number of hydrogen-bond donors (Lipinski definition) is 1. The predicted octanol–water partition coefficient (Wildman–Crippen LogP) is 2.51. The first-order valence-corrected chi connectivity index (χ1v) is 5.71. The second-order valence-electron chi connectivity index (χ2n) is 4.04. The van der Waals surface area contributed by atoms with E-state index < -0.39 is 0 Å². The van der Waals surface area contributed by atoms with Gasteiger partial charge in [-0.1, -0.05) is 12.1 Å². The standard InChI is InChI=1S/C13H21NO2/c1-10(2)16-13-6-4-12(5-7-13)11(3)15-9-8-14/h4-7,10-11H,8-9,14H2,1-3H3. The molecule has 0 aliphatic rings. The molecule has 0 spiro atoms. The molecule has 0 aromatic heterocycles. The topological polar surface area (TPSA) is 44.5 Å². The van der Waals surface area contributed by atoms with Gasteiger partial charge in [0.2, 0.25) is 0 Å². The quantitative estimate of drug-likeness (QED) is 0.806. The van der Waals surface area contributed by atoms with Crippen molar-refractivity contribution < 1.29 is 9.47 Å². The molecular weight excluding hydrogens is 202 g/mol. The fourth-order valence-corrected chi connectivity index (χ4v) is 1.43. The van der Waals surface area contributed by atoms with Crippen LogP contribution in [0.3, 0.4) is 0 Å². The van der Waals surface area contributed by atoms with Crippen molar-refractivity contribution in [1.82, 2.24) is 0 Å². The van der Waals surface area contributed by atoms with Crippen LogP contribution in [0, 0.1) is 0 Å². The van der Waals surface area contributed by atoms with Gasteiger partial charge in [-0.15, -0.1) is 0 Å². The van der Waals surface area contributed by atoms with Gasteiger partial charge in [0, 0.05) is 6.54 Å². The molecule has 0 bridgehead atoms. The van der Waals surface area contributed by atoms with E-state index in [0.29, 0.717) is 13.2 Å². The van der Waals surface area contributed by atoms with Gasteiger partial charge in [0.25, 0.3) is 0 Å². The van der Waals surface area contributed by atoms with Gasteiger partial charge in [-0.05, 0) is 38.5 Å². The molecule has 0 aliphatic heterocycles. The molecule has 0 saturated heterocycles. The fourth-order valence-electron chi connectivity index (χ4n) is 1.43. The van der Waals surface area contributed by atoms with Crippen molar-refractivity contribution in [2.24, 2.45) is 5.73 Å². The maximum Gasteiger partial charge on any atom is 0.119 e. The Bertz CT molecular complexity index is 295. The third-order valence-corrected chi connectivity index (χ3v) is 2.21. The zero-order valence-electron chi connectivity index (χ0n) is 10.3. The van der Waals surface area contributed by atoms with Crippen LogP contribution in [0.4, 0.5) is 0 Å². The average Bonchev–Trinajstić information content (AvgIpc) is 2.26. The second-order valence-corrected chi connectivity index (χ2v) is 4.04. The van der Waals surface area contributed by atoms with Crippen LogP contribution in [0.25, 0.3) is 0 Å². The van der Waals surface area contributed by atoms with E-state index in [1.54, 1.807) is 0 Å². The normalized spacial score (nSPS) is 12.8. The Morgan fingerprint density at radius 2 is 1.75 bits per heavy atom. The first-order valence-electron chi connectivity index (χ1n) is 5.71. The Labute approximate surface area is 97.6 Å². The minimum absolute atomic E-state index is 0.0802. The van der Waals surface area contributed by atoms with Crippen LogP contribution in [0.1, 0.15) is 32.4 Å². The summed E-state index contributed by atoms with van der Waals surface area (Å²) in [4.78, 5) is 0. The van der Waals surface area contributed by atoms with E-state index in [-0.39, 0.29) is 12.2 Å². The van der Waals surface area contributed by atoms with Crippen LogP contribution in [0.2, 0.25) is 0 Å². The minimum Gasteiger partial charge on any atom is -0.491 e. The highest BCUT2D eigenvalue weighted by Gasteiger charge is 2.05. The summed E-state index contributed by atoms with van der Waals surface area (Å²) >= 11 is 0. The summed E-state index contributed by atoms with van der Waals surface area (Å²) in [5, 5.41) is 0. The molecule has 90 valence electrons. The van der Waals surface area contributed by atoms with E-state index in [1.165, 1.54) is 0 Å². The van der Waals surface area contributed by atoms with E-state index in [1.807, 2.05) is 45.0 Å². The van der Waals surface area contributed by atoms with Gasteiger partial charge >= 0.3 is 0 Å². The molecule has 1 aromatic rings. The molecule has 1 atom stereocenters. The molecular formula is C13H21NO2. The lowest BCUT2D eigenvalue weighted by Crippen LogP contribution is -2.11. The number of benzene rings is 1. The molecule has 1 aromatic carbocycles. The van der Waals surface area contributed by atoms with Crippen LogP contribution >= 0.6 is 0 Å². The summed E-state index contributed by atoms with van der Waals surface area (Å²) in [7, 11) is 0. The van der Waals surface area contributed by atoms with Crippen LogP contribution in [0.5, 0.6) is 5.75 Å². The molecule has 1 unspecified atom stereocenters. The summed E-state index contributed by atoms with van der Waals surface area (Å²) in [6, 6.07) is 7.99. The Morgan fingerprint density at radius 3 is 2.25 bits per heavy atom. The highest BCUT2D eigenvalue weighted by molar-refractivity contribution is 5.28. The Balaban J connectivity index is 2.56. The number of rotatable bonds is 6. The van der Waals surface area contributed by atoms with Crippen molar-refractivity contribution in [3.63, 3.8) is 0 Å². The van der Waals surface area contributed by atoms with E-state index >= 15 is 0 Å². The molecule has 16 heavy (non-hydrogen) atoms. The van der Waals surface area contributed by atoms with E-state index in [9.17, 15) is 0 Å². The summed E-state index contributed by atoms with van der Waals surface area (Å²) in [6.45, 7) is 7.19. The van der Waals surface area contributed by atoms with Crippen LogP contribution in [-0.2, 0) is 4.74 Å². The van der Waals surface area contributed by atoms with E-state index in [2.05, 4.69) is 0 Å². The van der Waals surface area contributed by atoms with Gasteiger partial charge in [-0.25, -0.2) is 0 Å². The van der Waals surface area contributed by atoms with Crippen molar-refractivity contribution in [3.05, 3.63) is 29.8 Å². The Kier molecular flexibility index (Phi) is 5.29. The zero-order valence-corrected chi connectivity index (χ0v) is 10.3. The van der Waals surface area contributed by atoms with Gasteiger partial charge < -0.3 is 15.2 Å². The summed E-state index contributed by atoms with van der Waals surface area (Å²) < 4.78 is 11.1. The average molecular weight is 223 g/mol. The molecule has 3 nitrogen and oxygen atoms in total. The highest BCUT2D eigenvalue weighted by atomic mass is 16.5. The van der Waals surface area contributed by atoms with Gasteiger partial charge in [-0.2, -0.15) is 0 Å². The molecule has 2 N–H and O–H groups in total. The lowest BCUT2D eigenvalue weighted by molar-refractivity contribution is 0.0717. The van der Waals surface area contributed by atoms with Crippen LogP contribution in [-0.4, -0.2) is 19.3 Å². The monoisotopic (exact) mass is 223 g/mol. The van der Waals surface area contributed by atoms with Crippen LogP contribution < -0.4 is 10.5 Å². The van der Waals surface area contributed by atoms with Gasteiger partial charge in [0.05, 0.1) is 18.8 Å². The van der Waals surface area contributed by atoms with Crippen molar-refractivity contribution in [2.45, 2.75) is 33.0 Å². The summed E-state index contributed by atoms with van der Waals surface area (Å²) in [5.41, 5.74) is 6.53. The molecule has 0 radical (unpaired) electrons. The molecule has 1 rings (SSSR count). The first kappa shape index (κ1) is 13.0. The van der Waals surface area contributed by atoms with Crippen molar-refractivity contribution in [2.75, 3.05) is 13.2 Å². The number of hydrogen-bond acceptors (Lipinski definition) is 3. The van der Waals surface area contributed by atoms with Crippen molar-refractivity contribution >= 4 is 0 Å². The minimum atomic E-state index is 0.0802. The van der Waals surface area contributed by atoms with E-state index in [0.717, 1.165) is 11.3 Å². The maximum atomic E-state index is 5.57. The lowest BCUT2D eigenvalue weighted by atomic mass is 10.1. The largest absolute Gasteiger partial charge is 0.491 e. The fraction of sp³-hybridized carbons (Fsp3) is 0.538. The third kappa shape index (κ3) is 4.21. The van der Waals surface area contributed by atoms with Crippen molar-refractivity contribution in [3.8, 4) is 5.75 Å². The van der Waals surface area contributed by atoms with Crippen molar-refractivity contribution in [1.29, 1.82) is 0 Å². The maximum absolute atomic E-state index is 5.57. The molecule has 0 saturated carbocycles. The van der Waals surface area contributed by atoms with Crippen LogP contribution in [0.15, 0.2) is 24.3 Å². The Hall–Kier alpha value is -1.06. The van der Waals surface area contributed by atoms with E-state index in [4.69, 9.17) is 15.2 Å². The first-order chi connectivity index (χ1) is 7.63. The predicted molar refractivity (Wildman–Crippen MR) is 65.6 cm³/mol. The SMILES string of the molecule is CC(C)Oc1ccc(C(C)OCCN)cc1. The summed E-state index contributed by atoms with van der Waals surface area (Å²) in [5.74, 6) is 0.893. The molecule has 0 amide bonds. The molecule has 0 aliphatic carbocycles. The second kappa shape index (κ2) is 6.51.